The molecule has 1 fully saturated rings. The van der Waals surface area contributed by atoms with E-state index in [1.165, 1.54) is 0 Å². The molecule has 1 saturated heterocycles. The van der Waals surface area contributed by atoms with Crippen LogP contribution in [-0.4, -0.2) is 42.1 Å². The highest BCUT2D eigenvalue weighted by molar-refractivity contribution is 9.10. The van der Waals surface area contributed by atoms with Crippen LogP contribution in [0.5, 0.6) is 0 Å². The van der Waals surface area contributed by atoms with Crippen molar-refractivity contribution in [2.75, 3.05) is 30.8 Å². The third-order valence-corrected chi connectivity index (χ3v) is 4.89. The van der Waals surface area contributed by atoms with Crippen molar-refractivity contribution in [3.63, 3.8) is 0 Å². The van der Waals surface area contributed by atoms with Gasteiger partial charge < -0.3 is 10.6 Å². The Morgan fingerprint density at radius 3 is 2.44 bits per heavy atom. The number of hydrogen-bond donors (Lipinski definition) is 1. The van der Waals surface area contributed by atoms with Gasteiger partial charge in [-0.15, -0.1) is 0 Å². The molecule has 0 spiro atoms. The number of aromatic nitrogens is 1. The zero-order chi connectivity index (χ0) is 13.4. The molecule has 100 valence electrons. The maximum absolute atomic E-state index is 5.88. The molecule has 0 bridgehead atoms. The van der Waals surface area contributed by atoms with Gasteiger partial charge in [0.05, 0.1) is 16.4 Å². The number of halogens is 1. The molecule has 1 aromatic rings. The van der Waals surface area contributed by atoms with Crippen LogP contribution in [0.1, 0.15) is 19.4 Å². The number of nitrogens with two attached hydrogens (primary N) is 1. The lowest BCUT2D eigenvalue weighted by molar-refractivity contribution is 0.169. The van der Waals surface area contributed by atoms with Crippen LogP contribution in [-0.2, 0) is 0 Å². The SMILES string of the molecule is Cc1c(N)cnc(N2CC(C)N(C)C(C)C2)c1Br. The van der Waals surface area contributed by atoms with Crippen LogP contribution in [0.2, 0.25) is 0 Å². The average Bonchev–Trinajstić information content (AvgIpc) is 2.33. The van der Waals surface area contributed by atoms with Crippen molar-refractivity contribution in [3.05, 3.63) is 16.2 Å². The second-order valence-electron chi connectivity index (χ2n) is 5.24. The summed E-state index contributed by atoms with van der Waals surface area (Å²) in [4.78, 5) is 9.24. The first-order valence-electron chi connectivity index (χ1n) is 6.29. The Hall–Kier alpha value is -0.810. The Labute approximate surface area is 117 Å². The summed E-state index contributed by atoms with van der Waals surface area (Å²) in [6.07, 6.45) is 1.75. The molecule has 1 aromatic heterocycles. The van der Waals surface area contributed by atoms with E-state index in [9.17, 15) is 0 Å². The van der Waals surface area contributed by atoms with Crippen LogP contribution in [0.3, 0.4) is 0 Å². The summed E-state index contributed by atoms with van der Waals surface area (Å²) in [6.45, 7) is 8.51. The molecule has 2 unspecified atom stereocenters. The van der Waals surface area contributed by atoms with Gasteiger partial charge in [-0.3, -0.25) is 4.90 Å². The maximum Gasteiger partial charge on any atom is 0.143 e. The number of likely N-dealkylation sites (N-methyl/N-ethyl adjacent to an activating group) is 1. The summed E-state index contributed by atoms with van der Waals surface area (Å²) in [6, 6.07) is 1.06. The molecule has 0 radical (unpaired) electrons. The fourth-order valence-electron chi connectivity index (χ4n) is 2.38. The number of hydrogen-bond acceptors (Lipinski definition) is 4. The first kappa shape index (κ1) is 13.6. The van der Waals surface area contributed by atoms with Gasteiger partial charge in [-0.1, -0.05) is 0 Å². The number of nitrogens with zero attached hydrogens (tertiary/aromatic N) is 3. The van der Waals surface area contributed by atoms with Crippen LogP contribution in [0.25, 0.3) is 0 Å². The molecule has 2 heterocycles. The fraction of sp³-hybridized carbons (Fsp3) is 0.615. The number of piperazine rings is 1. The molecule has 2 rings (SSSR count). The first-order chi connectivity index (χ1) is 8.41. The molecule has 0 aromatic carbocycles. The second-order valence-corrected chi connectivity index (χ2v) is 6.04. The lowest BCUT2D eigenvalue weighted by Crippen LogP contribution is -2.55. The van der Waals surface area contributed by atoms with Gasteiger partial charge in [0.25, 0.3) is 0 Å². The molecule has 0 amide bonds. The fourth-order valence-corrected chi connectivity index (χ4v) is 2.96. The van der Waals surface area contributed by atoms with Crippen LogP contribution < -0.4 is 10.6 Å². The summed E-state index contributed by atoms with van der Waals surface area (Å²) < 4.78 is 1.02. The monoisotopic (exact) mass is 312 g/mol. The van der Waals surface area contributed by atoms with E-state index in [0.717, 1.165) is 34.6 Å². The predicted molar refractivity (Wildman–Crippen MR) is 80.0 cm³/mol. The highest BCUT2D eigenvalue weighted by Gasteiger charge is 2.28. The summed E-state index contributed by atoms with van der Waals surface area (Å²) in [5.74, 6) is 1.01. The van der Waals surface area contributed by atoms with E-state index >= 15 is 0 Å². The lowest BCUT2D eigenvalue weighted by Gasteiger charge is -2.43. The Bertz CT molecular complexity index is 437. The maximum atomic E-state index is 5.88. The van der Waals surface area contributed by atoms with Gasteiger partial charge in [0, 0.05) is 25.2 Å². The topological polar surface area (TPSA) is 45.4 Å². The molecule has 4 nitrogen and oxygen atoms in total. The van der Waals surface area contributed by atoms with E-state index in [0.29, 0.717) is 12.1 Å². The molecular weight excluding hydrogens is 292 g/mol. The van der Waals surface area contributed by atoms with Gasteiger partial charge in [0.1, 0.15) is 5.82 Å². The quantitative estimate of drug-likeness (QED) is 0.864. The van der Waals surface area contributed by atoms with E-state index in [2.05, 4.69) is 51.6 Å². The van der Waals surface area contributed by atoms with Crippen molar-refractivity contribution in [2.45, 2.75) is 32.9 Å². The van der Waals surface area contributed by atoms with E-state index in [4.69, 9.17) is 5.73 Å². The third-order valence-electron chi connectivity index (χ3n) is 3.94. The smallest absolute Gasteiger partial charge is 0.143 e. The van der Waals surface area contributed by atoms with Gasteiger partial charge in [-0.05, 0) is 49.3 Å². The average molecular weight is 313 g/mol. The van der Waals surface area contributed by atoms with E-state index < -0.39 is 0 Å². The van der Waals surface area contributed by atoms with Crippen molar-refractivity contribution < 1.29 is 0 Å². The van der Waals surface area contributed by atoms with Gasteiger partial charge in [0.15, 0.2) is 0 Å². The minimum atomic E-state index is 0.528. The van der Waals surface area contributed by atoms with Crippen LogP contribution in [0.15, 0.2) is 10.7 Å². The molecule has 0 saturated carbocycles. The second kappa shape index (κ2) is 5.05. The van der Waals surface area contributed by atoms with Crippen LogP contribution in [0, 0.1) is 6.92 Å². The zero-order valence-corrected chi connectivity index (χ0v) is 13.0. The normalized spacial score (nSPS) is 25.5. The van der Waals surface area contributed by atoms with Crippen molar-refractivity contribution in [3.8, 4) is 0 Å². The van der Waals surface area contributed by atoms with Crippen molar-refractivity contribution in [1.29, 1.82) is 0 Å². The number of nitrogen functional groups attached to an aromatic ring is 1. The molecule has 1 aliphatic rings. The molecule has 1 aliphatic heterocycles. The Morgan fingerprint density at radius 1 is 1.33 bits per heavy atom. The van der Waals surface area contributed by atoms with Gasteiger partial charge >= 0.3 is 0 Å². The van der Waals surface area contributed by atoms with Gasteiger partial charge in [-0.2, -0.15) is 0 Å². The van der Waals surface area contributed by atoms with Crippen molar-refractivity contribution >= 4 is 27.4 Å². The zero-order valence-electron chi connectivity index (χ0n) is 11.4. The predicted octanol–water partition coefficient (Wildman–Crippen LogP) is 2.26. The molecule has 0 aliphatic carbocycles. The number of rotatable bonds is 1. The molecule has 2 atom stereocenters. The Kier molecular flexibility index (Phi) is 3.82. The number of anilines is 2. The molecule has 2 N–H and O–H groups in total. The summed E-state index contributed by atoms with van der Waals surface area (Å²) in [5.41, 5.74) is 7.68. The van der Waals surface area contributed by atoms with E-state index in [-0.39, 0.29) is 0 Å². The standard InChI is InChI=1S/C13H21BrN4/c1-8-6-18(7-9(2)17(8)4)13-12(14)10(3)11(15)5-16-13/h5,8-9H,6-7,15H2,1-4H3. The van der Waals surface area contributed by atoms with Gasteiger partial charge in [0.2, 0.25) is 0 Å². The first-order valence-corrected chi connectivity index (χ1v) is 7.08. The molecule has 5 heteroatoms. The summed E-state index contributed by atoms with van der Waals surface area (Å²) in [5, 5.41) is 0. The molecule has 18 heavy (non-hydrogen) atoms. The minimum Gasteiger partial charge on any atom is -0.397 e. The highest BCUT2D eigenvalue weighted by Crippen LogP contribution is 2.32. The van der Waals surface area contributed by atoms with Crippen molar-refractivity contribution in [1.82, 2.24) is 9.88 Å². The Morgan fingerprint density at radius 2 is 1.89 bits per heavy atom. The third kappa shape index (κ3) is 2.34. The summed E-state index contributed by atoms with van der Waals surface area (Å²) in [7, 11) is 2.18. The molecular formula is C13H21BrN4. The highest BCUT2D eigenvalue weighted by atomic mass is 79.9. The number of pyridine rings is 1. The lowest BCUT2D eigenvalue weighted by atomic mass is 10.1. The minimum absolute atomic E-state index is 0.528. The Balaban J connectivity index is 2.30. The van der Waals surface area contributed by atoms with E-state index in [1.54, 1.807) is 6.20 Å². The van der Waals surface area contributed by atoms with E-state index in [1.807, 2.05) is 6.92 Å². The van der Waals surface area contributed by atoms with Gasteiger partial charge in [-0.25, -0.2) is 4.98 Å². The van der Waals surface area contributed by atoms with Crippen molar-refractivity contribution in [2.24, 2.45) is 0 Å². The largest absolute Gasteiger partial charge is 0.397 e. The van der Waals surface area contributed by atoms with Crippen LogP contribution in [0.4, 0.5) is 11.5 Å². The summed E-state index contributed by atoms with van der Waals surface area (Å²) >= 11 is 3.62. The van der Waals surface area contributed by atoms with Crippen LogP contribution >= 0.6 is 15.9 Å².